The molecule has 0 aliphatic rings. The number of nitrogens with one attached hydrogen (secondary N) is 2. The Morgan fingerprint density at radius 2 is 1.76 bits per heavy atom. The molecule has 0 saturated heterocycles. The summed E-state index contributed by atoms with van der Waals surface area (Å²) in [6, 6.07) is 18.1. The number of aryl methyl sites for hydroxylation is 1. The van der Waals surface area contributed by atoms with Gasteiger partial charge in [-0.1, -0.05) is 54.9 Å². The van der Waals surface area contributed by atoms with Crippen LogP contribution in [0, 0.1) is 0 Å². The fraction of sp³-hybridized carbons (Fsp3) is 0.160. The molecule has 7 nitrogen and oxygen atoms in total. The van der Waals surface area contributed by atoms with E-state index in [0.29, 0.717) is 32.2 Å². The van der Waals surface area contributed by atoms with Gasteiger partial charge in [0, 0.05) is 16.3 Å². The molecule has 0 spiro atoms. The van der Waals surface area contributed by atoms with Crippen molar-refractivity contribution >= 4 is 51.2 Å². The number of benzene rings is 3. The summed E-state index contributed by atoms with van der Waals surface area (Å²) in [5.74, 6) is -0.728. The molecule has 34 heavy (non-hydrogen) atoms. The van der Waals surface area contributed by atoms with Crippen molar-refractivity contribution in [1.82, 2.24) is 5.43 Å². The number of carbonyl (C=O) groups is 2. The van der Waals surface area contributed by atoms with Crippen molar-refractivity contribution in [3.8, 4) is 11.5 Å². The summed E-state index contributed by atoms with van der Waals surface area (Å²) in [7, 11) is 1.52. The number of amides is 2. The number of methoxy groups -OCH3 is 1. The van der Waals surface area contributed by atoms with Crippen LogP contribution in [0.25, 0.3) is 0 Å². The Bertz CT molecular complexity index is 1220. The Kier molecular flexibility index (Phi) is 9.07. The van der Waals surface area contributed by atoms with Gasteiger partial charge in [0.15, 0.2) is 11.5 Å². The highest BCUT2D eigenvalue weighted by Gasteiger charge is 2.15. The van der Waals surface area contributed by atoms with E-state index in [-0.39, 0.29) is 6.61 Å². The van der Waals surface area contributed by atoms with Crippen LogP contribution < -0.4 is 20.2 Å². The van der Waals surface area contributed by atoms with Crippen molar-refractivity contribution in [2.24, 2.45) is 5.10 Å². The zero-order valence-corrected chi connectivity index (χ0v) is 20.9. The van der Waals surface area contributed by atoms with Gasteiger partial charge in [0.1, 0.15) is 6.61 Å². The summed E-state index contributed by atoms with van der Waals surface area (Å²) in [4.78, 5) is 24.3. The predicted octanol–water partition coefficient (Wildman–Crippen LogP) is 5.34. The van der Waals surface area contributed by atoms with E-state index < -0.39 is 11.8 Å². The van der Waals surface area contributed by atoms with Crippen LogP contribution in [0.4, 0.5) is 5.69 Å². The standard InChI is InChI=1S/C25H23BrClN3O4/c1-3-17-8-5-7-11-21(17)29-24(31)25(32)30-28-14-16-12-19(26)23(22(13-16)33-2)34-15-18-9-4-6-10-20(18)27/h4-14H,3,15H2,1-2H3,(H,29,31)(H,30,32)/b28-14+. The number of rotatable bonds is 8. The Hall–Kier alpha value is -3.36. The number of hydrazone groups is 1. The van der Waals surface area contributed by atoms with Crippen molar-refractivity contribution in [2.45, 2.75) is 20.0 Å². The van der Waals surface area contributed by atoms with Crippen LogP contribution in [0.5, 0.6) is 11.5 Å². The molecule has 2 N–H and O–H groups in total. The van der Waals surface area contributed by atoms with Gasteiger partial charge in [-0.2, -0.15) is 5.10 Å². The molecule has 3 aromatic rings. The molecule has 0 aliphatic carbocycles. The van der Waals surface area contributed by atoms with Crippen LogP contribution in [-0.4, -0.2) is 25.1 Å². The third kappa shape index (κ3) is 6.59. The first-order valence-electron chi connectivity index (χ1n) is 10.4. The predicted molar refractivity (Wildman–Crippen MR) is 137 cm³/mol. The molecule has 0 atom stereocenters. The minimum atomic E-state index is -0.882. The zero-order valence-electron chi connectivity index (χ0n) is 18.6. The lowest BCUT2D eigenvalue weighted by molar-refractivity contribution is -0.136. The molecule has 0 saturated carbocycles. The smallest absolute Gasteiger partial charge is 0.329 e. The molecule has 3 aromatic carbocycles. The fourth-order valence-corrected chi connectivity index (χ4v) is 3.83. The fourth-order valence-electron chi connectivity index (χ4n) is 3.07. The van der Waals surface area contributed by atoms with Crippen LogP contribution in [0.2, 0.25) is 5.02 Å². The van der Waals surface area contributed by atoms with Gasteiger partial charge in [-0.15, -0.1) is 0 Å². The van der Waals surface area contributed by atoms with Crippen LogP contribution in [0.1, 0.15) is 23.6 Å². The maximum atomic E-state index is 12.2. The van der Waals surface area contributed by atoms with Gasteiger partial charge >= 0.3 is 11.8 Å². The first kappa shape index (κ1) is 25.3. The SMILES string of the molecule is CCc1ccccc1NC(=O)C(=O)N/N=C/c1cc(Br)c(OCc2ccccc2Cl)c(OC)c1. The van der Waals surface area contributed by atoms with Crippen molar-refractivity contribution < 1.29 is 19.1 Å². The highest BCUT2D eigenvalue weighted by atomic mass is 79.9. The van der Waals surface area contributed by atoms with E-state index >= 15 is 0 Å². The molecular formula is C25H23BrClN3O4. The van der Waals surface area contributed by atoms with Gasteiger partial charge in [-0.3, -0.25) is 9.59 Å². The van der Waals surface area contributed by atoms with E-state index in [1.807, 2.05) is 37.3 Å². The van der Waals surface area contributed by atoms with Crippen LogP contribution in [-0.2, 0) is 22.6 Å². The third-order valence-electron chi connectivity index (χ3n) is 4.81. The Morgan fingerprint density at radius 3 is 2.47 bits per heavy atom. The van der Waals surface area contributed by atoms with E-state index in [0.717, 1.165) is 17.5 Å². The number of halogens is 2. The molecule has 0 heterocycles. The summed E-state index contributed by atoms with van der Waals surface area (Å²) >= 11 is 9.67. The number of ether oxygens (including phenoxy) is 2. The molecule has 9 heteroatoms. The molecule has 3 rings (SSSR count). The molecule has 176 valence electrons. The average molecular weight is 545 g/mol. The van der Waals surface area contributed by atoms with Gasteiger partial charge in [-0.25, -0.2) is 5.43 Å². The summed E-state index contributed by atoms with van der Waals surface area (Å²) in [5, 5.41) is 7.09. The lowest BCUT2D eigenvalue weighted by Crippen LogP contribution is -2.32. The summed E-state index contributed by atoms with van der Waals surface area (Å²) in [5.41, 5.74) is 5.21. The minimum Gasteiger partial charge on any atom is -0.493 e. The number of carbonyl (C=O) groups excluding carboxylic acids is 2. The van der Waals surface area contributed by atoms with Crippen molar-refractivity contribution in [1.29, 1.82) is 0 Å². The Labute approximate surface area is 211 Å². The first-order valence-corrected chi connectivity index (χ1v) is 11.6. The topological polar surface area (TPSA) is 89.0 Å². The van der Waals surface area contributed by atoms with Crippen molar-refractivity contribution in [2.75, 3.05) is 12.4 Å². The van der Waals surface area contributed by atoms with E-state index in [9.17, 15) is 9.59 Å². The molecule has 0 aromatic heterocycles. The lowest BCUT2D eigenvalue weighted by atomic mass is 10.1. The van der Waals surface area contributed by atoms with Crippen LogP contribution in [0.3, 0.4) is 0 Å². The monoisotopic (exact) mass is 543 g/mol. The van der Waals surface area contributed by atoms with E-state index in [4.69, 9.17) is 21.1 Å². The second-order valence-electron chi connectivity index (χ2n) is 7.08. The molecule has 0 bridgehead atoms. The molecule has 0 aliphatic heterocycles. The van der Waals surface area contributed by atoms with Crippen LogP contribution >= 0.6 is 27.5 Å². The van der Waals surface area contributed by atoms with E-state index in [1.54, 1.807) is 30.3 Å². The summed E-state index contributed by atoms with van der Waals surface area (Å²) < 4.78 is 12.0. The van der Waals surface area contributed by atoms with Gasteiger partial charge in [0.2, 0.25) is 0 Å². The van der Waals surface area contributed by atoms with Gasteiger partial charge < -0.3 is 14.8 Å². The number of nitrogens with zero attached hydrogens (tertiary/aromatic N) is 1. The second-order valence-corrected chi connectivity index (χ2v) is 8.34. The summed E-state index contributed by atoms with van der Waals surface area (Å²) in [6.45, 7) is 2.23. The molecule has 0 fully saturated rings. The number of para-hydroxylation sites is 1. The maximum absolute atomic E-state index is 12.2. The molecule has 0 unspecified atom stereocenters. The Balaban J connectivity index is 1.64. The third-order valence-corrected chi connectivity index (χ3v) is 5.77. The minimum absolute atomic E-state index is 0.258. The van der Waals surface area contributed by atoms with Gasteiger partial charge in [0.05, 0.1) is 17.8 Å². The van der Waals surface area contributed by atoms with Crippen molar-refractivity contribution in [3.63, 3.8) is 0 Å². The second kappa shape index (κ2) is 12.2. The normalized spacial score (nSPS) is 10.7. The van der Waals surface area contributed by atoms with Gasteiger partial charge in [0.25, 0.3) is 0 Å². The van der Waals surface area contributed by atoms with E-state index in [2.05, 4.69) is 31.8 Å². The highest BCUT2D eigenvalue weighted by Crippen LogP contribution is 2.37. The number of anilines is 1. The molecule has 0 radical (unpaired) electrons. The molecular weight excluding hydrogens is 522 g/mol. The first-order chi connectivity index (χ1) is 16.4. The maximum Gasteiger partial charge on any atom is 0.329 e. The average Bonchev–Trinajstić information content (AvgIpc) is 2.84. The number of hydrogen-bond donors (Lipinski definition) is 2. The lowest BCUT2D eigenvalue weighted by Gasteiger charge is -2.14. The highest BCUT2D eigenvalue weighted by molar-refractivity contribution is 9.10. The van der Waals surface area contributed by atoms with Gasteiger partial charge in [-0.05, 0) is 57.7 Å². The van der Waals surface area contributed by atoms with Crippen LogP contribution in [0.15, 0.2) is 70.2 Å². The Morgan fingerprint density at radius 1 is 1.06 bits per heavy atom. The largest absolute Gasteiger partial charge is 0.493 e. The summed E-state index contributed by atoms with van der Waals surface area (Å²) in [6.07, 6.45) is 2.13. The quantitative estimate of drug-likeness (QED) is 0.228. The van der Waals surface area contributed by atoms with Crippen molar-refractivity contribution in [3.05, 3.63) is 86.8 Å². The zero-order chi connectivity index (χ0) is 24.5. The molecule has 2 amide bonds. The van der Waals surface area contributed by atoms with E-state index in [1.165, 1.54) is 13.3 Å². The number of hydrogen-bond acceptors (Lipinski definition) is 5.